The fraction of sp³-hybridized carbons (Fsp3) is 0.167. The highest BCUT2D eigenvalue weighted by molar-refractivity contribution is 7.99. The Balaban J connectivity index is 2.30. The third kappa shape index (κ3) is 2.98. The van der Waals surface area contributed by atoms with Crippen molar-refractivity contribution in [3.63, 3.8) is 0 Å². The molecule has 0 aliphatic rings. The predicted octanol–water partition coefficient (Wildman–Crippen LogP) is 2.73. The highest BCUT2D eigenvalue weighted by Crippen LogP contribution is 2.31. The van der Waals surface area contributed by atoms with Gasteiger partial charge in [-0.15, -0.1) is 0 Å². The van der Waals surface area contributed by atoms with Crippen molar-refractivity contribution < 1.29 is 13.2 Å². The van der Waals surface area contributed by atoms with Gasteiger partial charge in [-0.25, -0.2) is 9.97 Å². The normalized spacial score (nSPS) is 11.0. The second-order valence-corrected chi connectivity index (χ2v) is 4.85. The lowest BCUT2D eigenvalue weighted by Crippen LogP contribution is -2.05. The number of rotatable bonds is 2. The van der Waals surface area contributed by atoms with Crippen molar-refractivity contribution in [1.82, 2.24) is 14.5 Å². The van der Waals surface area contributed by atoms with E-state index in [9.17, 15) is 13.2 Å². The first-order valence-electron chi connectivity index (χ1n) is 5.45. The standard InChI is InChI=1S/C12H6F3N5S/c1-20-9(5-17)8(4-16)19-11(20)21-10-3-2-7(6-18-10)12(13,14)15/h2-3,6H,1H3. The average Bonchev–Trinajstić information content (AvgIpc) is 2.74. The summed E-state index contributed by atoms with van der Waals surface area (Å²) in [5.41, 5.74) is -0.788. The number of nitriles is 2. The fourth-order valence-corrected chi connectivity index (χ4v) is 2.27. The molecule has 0 spiro atoms. The molecule has 0 N–H and O–H groups in total. The Morgan fingerprint density at radius 3 is 2.38 bits per heavy atom. The molecule has 2 aromatic rings. The summed E-state index contributed by atoms with van der Waals surface area (Å²) >= 11 is 0.970. The fourth-order valence-electron chi connectivity index (χ4n) is 1.48. The van der Waals surface area contributed by atoms with E-state index in [-0.39, 0.29) is 16.4 Å². The third-order valence-electron chi connectivity index (χ3n) is 2.53. The zero-order valence-electron chi connectivity index (χ0n) is 10.5. The van der Waals surface area contributed by atoms with Gasteiger partial charge >= 0.3 is 6.18 Å². The molecule has 0 saturated carbocycles. The van der Waals surface area contributed by atoms with E-state index < -0.39 is 11.7 Å². The molecule has 0 saturated heterocycles. The van der Waals surface area contributed by atoms with Crippen LogP contribution in [-0.2, 0) is 13.2 Å². The van der Waals surface area contributed by atoms with E-state index in [4.69, 9.17) is 10.5 Å². The van der Waals surface area contributed by atoms with Crippen LogP contribution in [-0.4, -0.2) is 14.5 Å². The maximum atomic E-state index is 12.4. The number of hydrogen-bond donors (Lipinski definition) is 0. The molecule has 106 valence electrons. The summed E-state index contributed by atoms with van der Waals surface area (Å²) in [6.07, 6.45) is -3.72. The van der Waals surface area contributed by atoms with E-state index in [1.807, 2.05) is 6.07 Å². The summed E-state index contributed by atoms with van der Waals surface area (Å²) in [6, 6.07) is 5.75. The summed E-state index contributed by atoms with van der Waals surface area (Å²) < 4.78 is 38.7. The zero-order chi connectivity index (χ0) is 15.6. The molecule has 0 unspecified atom stereocenters. The molecule has 0 aromatic carbocycles. The lowest BCUT2D eigenvalue weighted by Gasteiger charge is -2.06. The second-order valence-electron chi connectivity index (χ2n) is 3.86. The van der Waals surface area contributed by atoms with Crippen molar-refractivity contribution in [3.8, 4) is 12.1 Å². The number of aromatic nitrogens is 3. The maximum Gasteiger partial charge on any atom is 0.417 e. The molecule has 9 heteroatoms. The van der Waals surface area contributed by atoms with Crippen LogP contribution in [0.2, 0.25) is 0 Å². The Morgan fingerprint density at radius 1 is 1.24 bits per heavy atom. The van der Waals surface area contributed by atoms with Gasteiger partial charge in [-0.3, -0.25) is 0 Å². The van der Waals surface area contributed by atoms with Crippen LogP contribution in [0.25, 0.3) is 0 Å². The third-order valence-corrected chi connectivity index (χ3v) is 3.52. The zero-order valence-corrected chi connectivity index (χ0v) is 11.3. The van der Waals surface area contributed by atoms with E-state index >= 15 is 0 Å². The molecule has 0 fully saturated rings. The van der Waals surface area contributed by atoms with Crippen LogP contribution in [0.4, 0.5) is 13.2 Å². The molecule has 0 radical (unpaired) electrons. The summed E-state index contributed by atoms with van der Waals surface area (Å²) in [7, 11) is 1.54. The van der Waals surface area contributed by atoms with Gasteiger partial charge in [0.15, 0.2) is 16.5 Å². The van der Waals surface area contributed by atoms with Crippen molar-refractivity contribution >= 4 is 11.8 Å². The monoisotopic (exact) mass is 309 g/mol. The van der Waals surface area contributed by atoms with E-state index in [2.05, 4.69) is 9.97 Å². The number of nitrogens with zero attached hydrogens (tertiary/aromatic N) is 5. The molecule has 0 aliphatic carbocycles. The Hall–Kier alpha value is -2.52. The number of halogens is 3. The van der Waals surface area contributed by atoms with Crippen LogP contribution in [0, 0.1) is 22.7 Å². The average molecular weight is 309 g/mol. The Morgan fingerprint density at radius 2 is 1.95 bits per heavy atom. The molecule has 0 amide bonds. The first kappa shape index (κ1) is 14.9. The number of imidazole rings is 1. The Labute approximate surface area is 121 Å². The number of pyridine rings is 1. The van der Waals surface area contributed by atoms with E-state index in [1.54, 1.807) is 13.1 Å². The Kier molecular flexibility index (Phi) is 3.87. The van der Waals surface area contributed by atoms with Crippen LogP contribution < -0.4 is 0 Å². The lowest BCUT2D eigenvalue weighted by atomic mass is 10.3. The molecule has 0 atom stereocenters. The highest BCUT2D eigenvalue weighted by atomic mass is 32.2. The largest absolute Gasteiger partial charge is 0.417 e. The minimum absolute atomic E-state index is 0.0330. The van der Waals surface area contributed by atoms with Crippen molar-refractivity contribution in [1.29, 1.82) is 10.5 Å². The predicted molar refractivity (Wildman–Crippen MR) is 66.0 cm³/mol. The molecular weight excluding hydrogens is 303 g/mol. The van der Waals surface area contributed by atoms with Crippen LogP contribution in [0.5, 0.6) is 0 Å². The summed E-state index contributed by atoms with van der Waals surface area (Å²) in [6.45, 7) is 0. The topological polar surface area (TPSA) is 78.3 Å². The summed E-state index contributed by atoms with van der Waals surface area (Å²) in [5, 5.41) is 18.4. The second kappa shape index (κ2) is 5.46. The quantitative estimate of drug-likeness (QED) is 0.852. The number of hydrogen-bond acceptors (Lipinski definition) is 5. The van der Waals surface area contributed by atoms with Gasteiger partial charge in [0.1, 0.15) is 17.2 Å². The van der Waals surface area contributed by atoms with E-state index in [0.29, 0.717) is 5.16 Å². The van der Waals surface area contributed by atoms with E-state index in [0.717, 1.165) is 24.0 Å². The maximum absolute atomic E-state index is 12.4. The Bertz CT molecular complexity index is 749. The minimum atomic E-state index is -4.44. The smallest absolute Gasteiger partial charge is 0.312 e. The molecule has 2 heterocycles. The first-order valence-corrected chi connectivity index (χ1v) is 6.26. The van der Waals surface area contributed by atoms with Gasteiger partial charge in [-0.2, -0.15) is 23.7 Å². The van der Waals surface area contributed by atoms with Crippen LogP contribution in [0.3, 0.4) is 0 Å². The van der Waals surface area contributed by atoms with Crippen molar-refractivity contribution in [2.24, 2.45) is 7.05 Å². The summed E-state index contributed by atoms with van der Waals surface area (Å²) in [4.78, 5) is 7.64. The van der Waals surface area contributed by atoms with Gasteiger partial charge in [0.2, 0.25) is 0 Å². The van der Waals surface area contributed by atoms with Gasteiger partial charge in [-0.1, -0.05) is 0 Å². The van der Waals surface area contributed by atoms with Gasteiger partial charge in [0.05, 0.1) is 5.56 Å². The molecule has 2 aromatic heterocycles. The van der Waals surface area contributed by atoms with Gasteiger partial charge in [0.25, 0.3) is 0 Å². The minimum Gasteiger partial charge on any atom is -0.312 e. The van der Waals surface area contributed by atoms with Crippen LogP contribution in [0.1, 0.15) is 17.0 Å². The molecule has 0 bridgehead atoms. The lowest BCUT2D eigenvalue weighted by molar-refractivity contribution is -0.137. The van der Waals surface area contributed by atoms with Crippen LogP contribution in [0.15, 0.2) is 28.5 Å². The molecule has 2 rings (SSSR count). The molecule has 0 aliphatic heterocycles. The molecule has 5 nitrogen and oxygen atoms in total. The van der Waals surface area contributed by atoms with Gasteiger partial charge in [-0.05, 0) is 23.9 Å². The van der Waals surface area contributed by atoms with Gasteiger partial charge < -0.3 is 4.57 Å². The number of alkyl halides is 3. The van der Waals surface area contributed by atoms with Crippen molar-refractivity contribution in [2.45, 2.75) is 16.4 Å². The summed E-state index contributed by atoms with van der Waals surface area (Å²) in [5.74, 6) is 0. The van der Waals surface area contributed by atoms with Crippen LogP contribution >= 0.6 is 11.8 Å². The van der Waals surface area contributed by atoms with E-state index in [1.165, 1.54) is 10.6 Å². The van der Waals surface area contributed by atoms with Crippen molar-refractivity contribution in [3.05, 3.63) is 35.3 Å². The molecular formula is C12H6F3N5S. The SMILES string of the molecule is Cn1c(Sc2ccc(C(F)(F)F)cn2)nc(C#N)c1C#N. The first-order chi connectivity index (χ1) is 9.86. The van der Waals surface area contributed by atoms with Gasteiger partial charge in [0, 0.05) is 13.2 Å². The molecule has 21 heavy (non-hydrogen) atoms. The highest BCUT2D eigenvalue weighted by Gasteiger charge is 2.30. The van der Waals surface area contributed by atoms with Crippen molar-refractivity contribution in [2.75, 3.05) is 0 Å².